The molecular weight excluding hydrogens is 770 g/mol. The van der Waals surface area contributed by atoms with Crippen LogP contribution in [0.1, 0.15) is 0 Å². The van der Waals surface area contributed by atoms with Crippen LogP contribution in [0, 0.1) is 0 Å². The van der Waals surface area contributed by atoms with Crippen LogP contribution in [0.2, 0.25) is 0 Å². The molecule has 0 amide bonds. The fourth-order valence-corrected chi connectivity index (χ4v) is 12.7. The second-order valence-corrected chi connectivity index (χ2v) is 18.0. The van der Waals surface area contributed by atoms with Crippen molar-refractivity contribution < 1.29 is 13.4 Å². The van der Waals surface area contributed by atoms with Crippen LogP contribution in [0.3, 0.4) is 0 Å². The third-order valence-electron chi connectivity index (χ3n) is 12.3. The molecule has 0 N–H and O–H groups in total. The SMILES string of the molecule is O=P1(c2ccccc2)N(c2cccc3oc4ccccc4c23)c2ccc(-c3ccc4c(c3)c3ccccc3n4-c3ccccc3)cc2N1c1cccc2oc3ccccc3c12. The van der Waals surface area contributed by atoms with Crippen LogP contribution in [0.4, 0.5) is 22.7 Å². The quantitative estimate of drug-likeness (QED) is 0.162. The Hall–Kier alpha value is -7.79. The van der Waals surface area contributed by atoms with E-state index in [9.17, 15) is 0 Å². The summed E-state index contributed by atoms with van der Waals surface area (Å²) in [5, 5.41) is 6.82. The second kappa shape index (κ2) is 12.9. The van der Waals surface area contributed by atoms with Gasteiger partial charge in [-0.1, -0.05) is 115 Å². The molecule has 0 bridgehead atoms. The molecule has 4 heterocycles. The highest BCUT2D eigenvalue weighted by Gasteiger charge is 2.50. The van der Waals surface area contributed by atoms with Crippen molar-refractivity contribution in [2.24, 2.45) is 0 Å². The number of benzene rings is 9. The van der Waals surface area contributed by atoms with Crippen molar-refractivity contribution in [3.8, 4) is 16.8 Å². The van der Waals surface area contributed by atoms with Gasteiger partial charge in [-0.15, -0.1) is 0 Å². The molecule has 3 aromatic heterocycles. The number of hydrogen-bond donors (Lipinski definition) is 0. The molecule has 0 spiro atoms. The molecule has 1 aliphatic rings. The monoisotopic (exact) mass is 803 g/mol. The number of para-hydroxylation sites is 4. The van der Waals surface area contributed by atoms with Crippen LogP contribution in [0.15, 0.2) is 215 Å². The summed E-state index contributed by atoms with van der Waals surface area (Å²) in [6, 6.07) is 70.6. The molecule has 13 rings (SSSR count). The number of anilines is 4. The van der Waals surface area contributed by atoms with Crippen LogP contribution < -0.4 is 14.6 Å². The van der Waals surface area contributed by atoms with Crippen LogP contribution in [0.25, 0.3) is 82.5 Å². The highest BCUT2D eigenvalue weighted by Crippen LogP contribution is 2.71. The number of fused-ring (bicyclic) bond motifs is 10. The van der Waals surface area contributed by atoms with Crippen molar-refractivity contribution in [3.05, 3.63) is 206 Å². The van der Waals surface area contributed by atoms with Gasteiger partial charge in [-0.05, 0) is 102 Å². The largest absolute Gasteiger partial charge is 0.456 e. The Balaban J connectivity index is 1.11. The van der Waals surface area contributed by atoms with E-state index >= 15 is 4.57 Å². The first-order valence-electron chi connectivity index (χ1n) is 20.5. The Bertz CT molecular complexity index is 3770. The van der Waals surface area contributed by atoms with Crippen LogP contribution in [0.5, 0.6) is 0 Å². The molecule has 61 heavy (non-hydrogen) atoms. The van der Waals surface area contributed by atoms with Crippen molar-refractivity contribution >= 4 is 101 Å². The number of aromatic nitrogens is 1. The molecule has 9 aromatic carbocycles. The zero-order valence-electron chi connectivity index (χ0n) is 32.6. The van der Waals surface area contributed by atoms with Gasteiger partial charge in [0.2, 0.25) is 0 Å². The molecule has 0 fully saturated rings. The van der Waals surface area contributed by atoms with Gasteiger partial charge >= 0.3 is 7.44 Å². The van der Waals surface area contributed by atoms with Crippen LogP contribution >= 0.6 is 7.44 Å². The topological polar surface area (TPSA) is 54.8 Å². The number of furan rings is 2. The number of nitrogens with zero attached hydrogens (tertiary/aromatic N) is 3. The summed E-state index contributed by atoms with van der Waals surface area (Å²) >= 11 is 0. The van der Waals surface area contributed by atoms with Crippen LogP contribution in [-0.2, 0) is 4.57 Å². The maximum atomic E-state index is 17.2. The lowest BCUT2D eigenvalue weighted by Crippen LogP contribution is -2.26. The summed E-state index contributed by atoms with van der Waals surface area (Å²) in [6.45, 7) is 0. The molecule has 288 valence electrons. The van der Waals surface area contributed by atoms with Gasteiger partial charge < -0.3 is 13.4 Å². The van der Waals surface area contributed by atoms with E-state index in [1.165, 1.54) is 10.8 Å². The zero-order chi connectivity index (χ0) is 40.2. The van der Waals surface area contributed by atoms with E-state index in [2.05, 4.69) is 129 Å². The van der Waals surface area contributed by atoms with Crippen molar-refractivity contribution in [3.63, 3.8) is 0 Å². The van der Waals surface area contributed by atoms with E-state index in [1.807, 2.05) is 91.0 Å². The summed E-state index contributed by atoms with van der Waals surface area (Å²) in [5.74, 6) is 0. The van der Waals surface area contributed by atoms with Gasteiger partial charge in [0.25, 0.3) is 0 Å². The maximum absolute atomic E-state index is 17.2. The lowest BCUT2D eigenvalue weighted by Gasteiger charge is -2.33. The Morgan fingerprint density at radius 3 is 1.54 bits per heavy atom. The fourth-order valence-electron chi connectivity index (χ4n) is 9.71. The number of rotatable bonds is 5. The van der Waals surface area contributed by atoms with Crippen molar-refractivity contribution in [1.82, 2.24) is 4.57 Å². The van der Waals surface area contributed by atoms with Gasteiger partial charge in [-0.3, -0.25) is 13.9 Å². The van der Waals surface area contributed by atoms with Gasteiger partial charge in [0.15, 0.2) is 0 Å². The normalized spacial score (nSPS) is 15.3. The Morgan fingerprint density at radius 1 is 0.361 bits per heavy atom. The Kier molecular flexibility index (Phi) is 7.19. The van der Waals surface area contributed by atoms with Gasteiger partial charge in [0.05, 0.1) is 49.9 Å². The van der Waals surface area contributed by atoms with E-state index in [0.29, 0.717) is 5.30 Å². The second-order valence-electron chi connectivity index (χ2n) is 15.6. The minimum Gasteiger partial charge on any atom is -0.456 e. The average Bonchev–Trinajstić information content (AvgIpc) is 4.06. The Morgan fingerprint density at radius 2 is 0.869 bits per heavy atom. The molecule has 1 aliphatic heterocycles. The summed E-state index contributed by atoms with van der Waals surface area (Å²) in [5.41, 5.74) is 11.8. The fraction of sp³-hybridized carbons (Fsp3) is 0. The first-order chi connectivity index (χ1) is 30.1. The minimum absolute atomic E-state index is 0.706. The summed E-state index contributed by atoms with van der Waals surface area (Å²) < 4.78 is 36.7. The Labute approximate surface area is 350 Å². The summed E-state index contributed by atoms with van der Waals surface area (Å²) in [7, 11) is -3.82. The van der Waals surface area contributed by atoms with Gasteiger partial charge in [0.1, 0.15) is 22.3 Å². The van der Waals surface area contributed by atoms with Gasteiger partial charge in [-0.2, -0.15) is 0 Å². The highest BCUT2D eigenvalue weighted by atomic mass is 31.2. The predicted octanol–water partition coefficient (Wildman–Crippen LogP) is 15.1. The third-order valence-corrected chi connectivity index (χ3v) is 15.2. The molecule has 0 saturated carbocycles. The van der Waals surface area contributed by atoms with Gasteiger partial charge in [-0.25, -0.2) is 0 Å². The molecule has 6 nitrogen and oxygen atoms in total. The van der Waals surface area contributed by atoms with E-state index in [0.717, 1.165) is 94.5 Å². The van der Waals surface area contributed by atoms with E-state index < -0.39 is 7.44 Å². The lowest BCUT2D eigenvalue weighted by molar-refractivity contribution is 0.582. The molecular formula is C54H34N3O3P. The van der Waals surface area contributed by atoms with Crippen molar-refractivity contribution in [2.75, 3.05) is 9.34 Å². The molecule has 1 unspecified atom stereocenters. The standard InChI is InChI=1S/C54H34N3O3P/c58-61(38-17-5-2-6-18-38)56(46-23-13-27-51-53(46)40-20-8-11-25-49(40)59-51)45-32-30-36(34-48(45)57(61)47-24-14-28-52-54(47)41-21-9-12-26-50(41)60-52)35-29-31-44-42(33-35)39-19-7-10-22-43(39)55(44)37-15-3-1-4-16-37/h1-34H. The van der Waals surface area contributed by atoms with Gasteiger partial charge in [0, 0.05) is 27.2 Å². The summed E-state index contributed by atoms with van der Waals surface area (Å²) in [6.07, 6.45) is 0. The minimum atomic E-state index is -3.82. The van der Waals surface area contributed by atoms with Crippen molar-refractivity contribution in [1.29, 1.82) is 0 Å². The van der Waals surface area contributed by atoms with E-state index in [1.54, 1.807) is 0 Å². The lowest BCUT2D eigenvalue weighted by atomic mass is 10.0. The van der Waals surface area contributed by atoms with E-state index in [-0.39, 0.29) is 0 Å². The number of hydrogen-bond acceptors (Lipinski definition) is 3. The first-order valence-corrected chi connectivity index (χ1v) is 22.1. The zero-order valence-corrected chi connectivity index (χ0v) is 33.5. The van der Waals surface area contributed by atoms with Crippen LogP contribution in [-0.4, -0.2) is 4.57 Å². The summed E-state index contributed by atoms with van der Waals surface area (Å²) in [4.78, 5) is 0. The predicted molar refractivity (Wildman–Crippen MR) is 252 cm³/mol. The first kappa shape index (κ1) is 34.1. The third kappa shape index (κ3) is 4.82. The molecule has 0 saturated heterocycles. The molecule has 0 aliphatic carbocycles. The molecule has 1 atom stereocenters. The van der Waals surface area contributed by atoms with Crippen molar-refractivity contribution in [2.45, 2.75) is 0 Å². The average molecular weight is 804 g/mol. The molecule has 7 heteroatoms. The molecule has 0 radical (unpaired) electrons. The molecule has 12 aromatic rings. The van der Waals surface area contributed by atoms with E-state index in [4.69, 9.17) is 8.83 Å². The smallest absolute Gasteiger partial charge is 0.301 e. The highest BCUT2D eigenvalue weighted by molar-refractivity contribution is 7.76. The maximum Gasteiger partial charge on any atom is 0.301 e.